The average Bonchev–Trinajstić information content (AvgIpc) is 3.32. The van der Waals surface area contributed by atoms with Gasteiger partial charge in [0.2, 0.25) is 0 Å². The fourth-order valence-corrected chi connectivity index (χ4v) is 4.30. The summed E-state index contributed by atoms with van der Waals surface area (Å²) in [4.78, 5) is 36.3. The number of H-pyrrole nitrogens is 2. The Labute approximate surface area is 161 Å². The molecule has 3 heterocycles. The van der Waals surface area contributed by atoms with E-state index in [9.17, 15) is 9.59 Å². The van der Waals surface area contributed by atoms with Crippen LogP contribution in [-0.2, 0) is 9.59 Å². The van der Waals surface area contributed by atoms with Crippen LogP contribution in [0.1, 0.15) is 23.2 Å². The molecule has 0 bridgehead atoms. The summed E-state index contributed by atoms with van der Waals surface area (Å²) in [5.74, 6) is -0.190. The predicted octanol–water partition coefficient (Wildman–Crippen LogP) is 3.36. The lowest BCUT2D eigenvalue weighted by Gasteiger charge is -2.41. The van der Waals surface area contributed by atoms with E-state index in [1.165, 1.54) is 0 Å². The second kappa shape index (κ2) is 5.99. The third-order valence-corrected chi connectivity index (χ3v) is 5.77. The number of fused-ring (bicyclic) bond motifs is 2. The number of amides is 2. The summed E-state index contributed by atoms with van der Waals surface area (Å²) in [6.07, 6.45) is 3.66. The van der Waals surface area contributed by atoms with Crippen molar-refractivity contribution >= 4 is 33.6 Å². The number of nitrogens with one attached hydrogen (secondary N) is 2. The minimum absolute atomic E-state index is 0.0952. The van der Waals surface area contributed by atoms with Crippen molar-refractivity contribution in [1.82, 2.24) is 19.8 Å². The summed E-state index contributed by atoms with van der Waals surface area (Å²) in [6, 6.07) is 14.3. The maximum absolute atomic E-state index is 13.4. The van der Waals surface area contributed by atoms with Crippen molar-refractivity contribution in [2.45, 2.75) is 12.1 Å². The first-order valence-corrected chi connectivity index (χ1v) is 9.23. The smallest absolute Gasteiger partial charge is 0.250 e. The van der Waals surface area contributed by atoms with Crippen LogP contribution < -0.4 is 0 Å². The van der Waals surface area contributed by atoms with Crippen LogP contribution in [0.5, 0.6) is 0 Å². The Morgan fingerprint density at radius 2 is 1.07 bits per heavy atom. The van der Waals surface area contributed by atoms with E-state index < -0.39 is 12.1 Å². The van der Waals surface area contributed by atoms with Gasteiger partial charge in [-0.15, -0.1) is 0 Å². The Hall–Kier alpha value is -3.54. The summed E-state index contributed by atoms with van der Waals surface area (Å²) < 4.78 is 0. The van der Waals surface area contributed by atoms with Crippen molar-refractivity contribution in [3.05, 3.63) is 72.1 Å². The van der Waals surface area contributed by atoms with Crippen LogP contribution in [-0.4, -0.2) is 45.7 Å². The molecule has 28 heavy (non-hydrogen) atoms. The van der Waals surface area contributed by atoms with Crippen LogP contribution >= 0.6 is 0 Å². The lowest BCUT2D eigenvalue weighted by Crippen LogP contribution is -2.54. The fraction of sp³-hybridized carbons (Fsp3) is 0.182. The SMILES string of the molecule is CN1C(=O)[C@H](c2c[nH]c3ccccc23)N(C)C(=O)[C@@H]1c1c[nH]c2ccccc12. The molecule has 2 amide bonds. The first kappa shape index (κ1) is 16.6. The van der Waals surface area contributed by atoms with Crippen molar-refractivity contribution in [2.75, 3.05) is 14.1 Å². The average molecular weight is 372 g/mol. The fourth-order valence-electron chi connectivity index (χ4n) is 4.30. The van der Waals surface area contributed by atoms with Gasteiger partial charge in [-0.05, 0) is 12.1 Å². The van der Waals surface area contributed by atoms with Gasteiger partial charge >= 0.3 is 0 Å². The molecular formula is C22H20N4O2. The van der Waals surface area contributed by atoms with Gasteiger partial charge in [0.1, 0.15) is 12.1 Å². The highest BCUT2D eigenvalue weighted by atomic mass is 16.2. The highest BCUT2D eigenvalue weighted by Gasteiger charge is 2.45. The first-order chi connectivity index (χ1) is 13.6. The molecule has 140 valence electrons. The van der Waals surface area contributed by atoms with Crippen LogP contribution in [0.25, 0.3) is 21.8 Å². The molecule has 1 saturated heterocycles. The van der Waals surface area contributed by atoms with Gasteiger partial charge in [0.15, 0.2) is 0 Å². The van der Waals surface area contributed by atoms with E-state index >= 15 is 0 Å². The van der Waals surface area contributed by atoms with Crippen molar-refractivity contribution in [1.29, 1.82) is 0 Å². The van der Waals surface area contributed by atoms with E-state index in [4.69, 9.17) is 0 Å². The Morgan fingerprint density at radius 1 is 0.679 bits per heavy atom. The van der Waals surface area contributed by atoms with Gasteiger partial charge in [-0.25, -0.2) is 0 Å². The van der Waals surface area contributed by atoms with Gasteiger partial charge < -0.3 is 19.8 Å². The van der Waals surface area contributed by atoms with Gasteiger partial charge in [0, 0.05) is 59.4 Å². The Morgan fingerprint density at radius 3 is 1.50 bits per heavy atom. The van der Waals surface area contributed by atoms with Crippen LogP contribution in [0, 0.1) is 0 Å². The Balaban J connectivity index is 1.60. The van der Waals surface area contributed by atoms with Crippen molar-refractivity contribution < 1.29 is 9.59 Å². The molecule has 0 radical (unpaired) electrons. The molecule has 1 fully saturated rings. The van der Waals surface area contributed by atoms with Crippen molar-refractivity contribution in [3.63, 3.8) is 0 Å². The molecule has 2 aromatic heterocycles. The molecule has 2 aromatic carbocycles. The lowest BCUT2D eigenvalue weighted by molar-refractivity contribution is -0.159. The van der Waals surface area contributed by atoms with E-state index in [1.54, 1.807) is 23.9 Å². The number of aromatic amines is 2. The van der Waals surface area contributed by atoms with Crippen molar-refractivity contribution in [3.8, 4) is 0 Å². The number of benzene rings is 2. The van der Waals surface area contributed by atoms with Gasteiger partial charge in [0.25, 0.3) is 11.8 Å². The van der Waals surface area contributed by atoms with Crippen LogP contribution in [0.15, 0.2) is 60.9 Å². The second-order valence-electron chi connectivity index (χ2n) is 7.28. The quantitative estimate of drug-likeness (QED) is 0.566. The molecule has 5 rings (SSSR count). The summed E-state index contributed by atoms with van der Waals surface area (Å²) in [6.45, 7) is 0. The minimum Gasteiger partial charge on any atom is -0.361 e. The molecule has 6 nitrogen and oxygen atoms in total. The summed E-state index contributed by atoms with van der Waals surface area (Å²) in [5.41, 5.74) is 3.54. The third-order valence-electron chi connectivity index (χ3n) is 5.77. The summed E-state index contributed by atoms with van der Waals surface area (Å²) in [7, 11) is 3.42. The molecular weight excluding hydrogens is 352 g/mol. The summed E-state index contributed by atoms with van der Waals surface area (Å²) in [5, 5.41) is 1.92. The highest BCUT2D eigenvalue weighted by molar-refractivity contribution is 6.02. The number of hydrogen-bond donors (Lipinski definition) is 2. The zero-order valence-corrected chi connectivity index (χ0v) is 15.6. The minimum atomic E-state index is -0.643. The van der Waals surface area contributed by atoms with E-state index in [2.05, 4.69) is 9.97 Å². The second-order valence-corrected chi connectivity index (χ2v) is 7.28. The molecule has 0 unspecified atom stereocenters. The number of para-hydroxylation sites is 2. The molecule has 0 spiro atoms. The number of aromatic nitrogens is 2. The topological polar surface area (TPSA) is 72.2 Å². The summed E-state index contributed by atoms with van der Waals surface area (Å²) >= 11 is 0. The van der Waals surface area contributed by atoms with E-state index in [-0.39, 0.29) is 11.8 Å². The Bertz CT molecular complexity index is 1130. The number of carbonyl (C=O) groups excluding carboxylic acids is 2. The predicted molar refractivity (Wildman–Crippen MR) is 108 cm³/mol. The molecule has 4 aromatic rings. The number of rotatable bonds is 2. The monoisotopic (exact) mass is 372 g/mol. The number of hydrogen-bond acceptors (Lipinski definition) is 2. The zero-order valence-electron chi connectivity index (χ0n) is 15.6. The number of piperazine rings is 1. The molecule has 6 heteroatoms. The zero-order chi connectivity index (χ0) is 19.4. The normalized spacial score (nSPS) is 20.5. The van der Waals surface area contributed by atoms with Gasteiger partial charge in [-0.1, -0.05) is 36.4 Å². The molecule has 0 saturated carbocycles. The molecule has 2 N–H and O–H groups in total. The number of nitrogens with zero attached hydrogens (tertiary/aromatic N) is 2. The Kier molecular flexibility index (Phi) is 3.55. The van der Waals surface area contributed by atoms with Crippen LogP contribution in [0.2, 0.25) is 0 Å². The van der Waals surface area contributed by atoms with Crippen LogP contribution in [0.4, 0.5) is 0 Å². The van der Waals surface area contributed by atoms with Crippen LogP contribution in [0.3, 0.4) is 0 Å². The molecule has 1 aliphatic rings. The van der Waals surface area contributed by atoms with Gasteiger partial charge in [0.05, 0.1) is 0 Å². The third kappa shape index (κ3) is 2.21. The maximum Gasteiger partial charge on any atom is 0.250 e. The number of likely N-dealkylation sites (N-methyl/N-ethyl adjacent to an activating group) is 2. The van der Waals surface area contributed by atoms with Gasteiger partial charge in [-0.2, -0.15) is 0 Å². The maximum atomic E-state index is 13.4. The molecule has 0 aliphatic carbocycles. The molecule has 2 atom stereocenters. The van der Waals surface area contributed by atoms with Gasteiger partial charge in [-0.3, -0.25) is 9.59 Å². The lowest BCUT2D eigenvalue weighted by atomic mass is 9.94. The highest BCUT2D eigenvalue weighted by Crippen LogP contribution is 2.39. The largest absolute Gasteiger partial charge is 0.361 e. The first-order valence-electron chi connectivity index (χ1n) is 9.23. The van der Waals surface area contributed by atoms with E-state index in [1.807, 2.05) is 60.9 Å². The molecule has 1 aliphatic heterocycles. The van der Waals surface area contributed by atoms with E-state index in [0.717, 1.165) is 32.9 Å². The van der Waals surface area contributed by atoms with E-state index in [0.29, 0.717) is 0 Å². The van der Waals surface area contributed by atoms with Crippen molar-refractivity contribution in [2.24, 2.45) is 0 Å². The number of carbonyl (C=O) groups is 2. The standard InChI is InChI=1S/C22H20N4O2/c1-25-19(15-11-23-17-9-5-3-7-13(15)17)22(28)26(2)20(21(25)27)16-12-24-18-10-6-4-8-14(16)18/h3-12,19-20,23-24H,1-2H3/t19-,20-/m0/s1.